The van der Waals surface area contributed by atoms with E-state index in [1.54, 1.807) is 6.08 Å². The number of hydrogen-bond donors (Lipinski definition) is 2. The molecule has 0 bridgehead atoms. The number of nitrogens with one attached hydrogen (secondary N) is 1. The van der Waals surface area contributed by atoms with E-state index >= 15 is 0 Å². The summed E-state index contributed by atoms with van der Waals surface area (Å²) in [5.74, 6) is -0.204. The summed E-state index contributed by atoms with van der Waals surface area (Å²) in [7, 11) is 1.25. The fourth-order valence-corrected chi connectivity index (χ4v) is 11.2. The highest BCUT2D eigenvalue weighted by molar-refractivity contribution is 7.45. The highest BCUT2D eigenvalue weighted by Crippen LogP contribution is 2.38. The van der Waals surface area contributed by atoms with Crippen LogP contribution in [0.2, 0.25) is 0 Å². The van der Waals surface area contributed by atoms with Crippen LogP contribution in [0.3, 0.4) is 0 Å². The Morgan fingerprint density at radius 2 is 0.729 bits per heavy atom. The fourth-order valence-electron chi connectivity index (χ4n) is 10.5. The monoisotopic (exact) mass is 1210 g/mol. The van der Waals surface area contributed by atoms with Crippen molar-refractivity contribution in [3.8, 4) is 0 Å². The minimum atomic E-state index is -4.61. The van der Waals surface area contributed by atoms with Gasteiger partial charge < -0.3 is 28.8 Å². The molecule has 0 saturated heterocycles. The molecule has 9 heteroatoms. The van der Waals surface area contributed by atoms with Crippen LogP contribution in [0.4, 0.5) is 0 Å². The van der Waals surface area contributed by atoms with Crippen LogP contribution in [-0.2, 0) is 18.4 Å². The Balaban J connectivity index is 4.03. The zero-order valence-corrected chi connectivity index (χ0v) is 57.4. The number of aliphatic hydroxyl groups excluding tert-OH is 1. The molecular formula is C76H139N2O6P. The van der Waals surface area contributed by atoms with Crippen molar-refractivity contribution in [2.24, 2.45) is 0 Å². The average Bonchev–Trinajstić information content (AvgIpc) is 3.49. The van der Waals surface area contributed by atoms with Crippen molar-refractivity contribution < 1.29 is 32.9 Å². The summed E-state index contributed by atoms with van der Waals surface area (Å²) < 4.78 is 23.4. The van der Waals surface area contributed by atoms with Gasteiger partial charge in [0, 0.05) is 6.42 Å². The van der Waals surface area contributed by atoms with Crippen molar-refractivity contribution in [1.29, 1.82) is 0 Å². The van der Waals surface area contributed by atoms with E-state index < -0.39 is 26.6 Å². The van der Waals surface area contributed by atoms with Crippen molar-refractivity contribution in [3.05, 3.63) is 97.2 Å². The normalized spacial score (nSPS) is 14.2. The first-order valence-corrected chi connectivity index (χ1v) is 37.6. The van der Waals surface area contributed by atoms with Crippen molar-refractivity contribution in [3.63, 3.8) is 0 Å². The van der Waals surface area contributed by atoms with E-state index in [1.165, 1.54) is 231 Å². The van der Waals surface area contributed by atoms with Crippen LogP contribution in [0, 0.1) is 0 Å². The molecule has 0 radical (unpaired) electrons. The number of aliphatic hydroxyl groups is 1. The van der Waals surface area contributed by atoms with E-state index in [9.17, 15) is 19.4 Å². The van der Waals surface area contributed by atoms with Crippen molar-refractivity contribution >= 4 is 13.7 Å². The molecule has 494 valence electrons. The van der Waals surface area contributed by atoms with Crippen molar-refractivity contribution in [1.82, 2.24) is 5.32 Å². The van der Waals surface area contributed by atoms with Gasteiger partial charge in [-0.25, -0.2) is 0 Å². The molecule has 0 spiro atoms. The molecule has 3 atom stereocenters. The van der Waals surface area contributed by atoms with Gasteiger partial charge in [0.2, 0.25) is 5.91 Å². The molecule has 0 aromatic carbocycles. The molecule has 0 aromatic heterocycles. The third-order valence-electron chi connectivity index (χ3n) is 16.0. The van der Waals surface area contributed by atoms with Crippen LogP contribution in [0.5, 0.6) is 0 Å². The second-order valence-corrected chi connectivity index (χ2v) is 27.0. The number of rotatable bonds is 66. The summed E-state index contributed by atoms with van der Waals surface area (Å²) >= 11 is 0. The van der Waals surface area contributed by atoms with E-state index in [0.717, 1.165) is 77.0 Å². The third-order valence-corrected chi connectivity index (χ3v) is 17.0. The van der Waals surface area contributed by atoms with Gasteiger partial charge in [-0.1, -0.05) is 336 Å². The number of carbonyl (C=O) groups is 1. The molecule has 0 aliphatic heterocycles. The van der Waals surface area contributed by atoms with E-state index in [2.05, 4.69) is 104 Å². The van der Waals surface area contributed by atoms with Crippen LogP contribution in [0.15, 0.2) is 97.2 Å². The van der Waals surface area contributed by atoms with E-state index in [-0.39, 0.29) is 12.5 Å². The first-order chi connectivity index (χ1) is 41.5. The maximum atomic E-state index is 13.0. The summed E-state index contributed by atoms with van der Waals surface area (Å²) in [6.45, 7) is 4.55. The van der Waals surface area contributed by atoms with E-state index in [1.807, 2.05) is 27.2 Å². The van der Waals surface area contributed by atoms with Gasteiger partial charge >= 0.3 is 0 Å². The predicted molar refractivity (Wildman–Crippen MR) is 371 cm³/mol. The quantitative estimate of drug-likeness (QED) is 0.0272. The first-order valence-electron chi connectivity index (χ1n) is 36.1. The van der Waals surface area contributed by atoms with Crippen LogP contribution in [-0.4, -0.2) is 68.5 Å². The van der Waals surface area contributed by atoms with Gasteiger partial charge in [-0.05, 0) is 83.5 Å². The molecule has 2 N–H and O–H groups in total. The standard InChI is InChI=1S/C76H139N2O6P/c1-6-8-10-12-14-16-18-20-22-24-26-28-30-32-33-34-35-36-37-38-39-40-41-42-43-44-45-46-48-50-52-54-56-58-60-62-64-66-68-70-76(80)77-74(73-84-85(81,82)83-72-71-78(3,4)5)75(79)69-67-65-63-61-59-57-55-53-51-49-47-31-29-27-25-23-21-19-17-15-13-11-9-7-2/h8,10,14,16,20,22,26,28,32-33,35-36,59,61,67,69,74-75,79H,6-7,9,11-13,15,17-19,21,23-25,27,29-31,34,37-58,60,62-66,68,70-73H2,1-5H3,(H-,77,80,81,82)/b10-8-,16-14-,22-20-,28-26-,33-32-,36-35-,61-59+,69-67+. The van der Waals surface area contributed by atoms with Crippen LogP contribution in [0.25, 0.3) is 0 Å². The number of amides is 1. The number of phosphoric acid groups is 1. The molecule has 1 amide bonds. The Morgan fingerprint density at radius 3 is 1.09 bits per heavy atom. The third kappa shape index (κ3) is 68.8. The molecule has 8 nitrogen and oxygen atoms in total. The molecular weight excluding hydrogens is 1070 g/mol. The van der Waals surface area contributed by atoms with Crippen LogP contribution < -0.4 is 10.2 Å². The van der Waals surface area contributed by atoms with E-state index in [0.29, 0.717) is 17.4 Å². The molecule has 0 saturated carbocycles. The number of carbonyl (C=O) groups excluding carboxylic acids is 1. The van der Waals surface area contributed by atoms with Gasteiger partial charge in [-0.15, -0.1) is 0 Å². The molecule has 0 fully saturated rings. The number of hydrogen-bond acceptors (Lipinski definition) is 6. The second kappa shape index (κ2) is 65.9. The highest BCUT2D eigenvalue weighted by atomic mass is 31.2. The minimum absolute atomic E-state index is 0.00753. The SMILES string of the molecule is CC/C=C\C/C=C\C/C=C\C/C=C\C/C=C\C/C=C\CCCCCCCCCCCCCCCCCCCCCCC(=O)NC(COP(=O)([O-])OCC[N+](C)(C)C)C(O)/C=C/CC/C=C/CCCCCCCCCCCCCCCCCCCC. The van der Waals surface area contributed by atoms with E-state index in [4.69, 9.17) is 9.05 Å². The number of unbranched alkanes of at least 4 members (excludes halogenated alkanes) is 39. The summed E-state index contributed by atoms with van der Waals surface area (Å²) in [4.78, 5) is 25.6. The Labute approximate surface area is 528 Å². The van der Waals surface area contributed by atoms with Crippen molar-refractivity contribution in [2.45, 2.75) is 341 Å². The first kappa shape index (κ1) is 82.4. The number of likely N-dealkylation sites (N-methyl/N-ethyl adjacent to an activating group) is 1. The topological polar surface area (TPSA) is 108 Å². The van der Waals surface area contributed by atoms with Gasteiger partial charge in [0.05, 0.1) is 39.9 Å². The van der Waals surface area contributed by atoms with Crippen molar-refractivity contribution in [2.75, 3.05) is 40.9 Å². The number of allylic oxidation sites excluding steroid dienone is 15. The zero-order valence-electron chi connectivity index (χ0n) is 56.5. The van der Waals surface area contributed by atoms with Crippen LogP contribution in [0.1, 0.15) is 328 Å². The molecule has 0 aromatic rings. The molecule has 0 aliphatic rings. The molecule has 0 heterocycles. The van der Waals surface area contributed by atoms with Gasteiger partial charge in [0.25, 0.3) is 7.82 Å². The zero-order chi connectivity index (χ0) is 61.9. The fraction of sp³-hybridized carbons (Fsp3) is 0.776. The average molecular weight is 1210 g/mol. The summed E-state index contributed by atoms with van der Waals surface area (Å²) in [6.07, 6.45) is 95.4. The Morgan fingerprint density at radius 1 is 0.424 bits per heavy atom. The number of phosphoric ester groups is 1. The molecule has 3 unspecified atom stereocenters. The Bertz CT molecular complexity index is 1710. The minimum Gasteiger partial charge on any atom is -0.756 e. The summed E-state index contributed by atoms with van der Waals surface area (Å²) in [5.41, 5.74) is 0. The number of nitrogens with zero attached hydrogens (tertiary/aromatic N) is 1. The smallest absolute Gasteiger partial charge is 0.268 e. The largest absolute Gasteiger partial charge is 0.756 e. The summed E-state index contributed by atoms with van der Waals surface area (Å²) in [5, 5.41) is 13.9. The molecule has 85 heavy (non-hydrogen) atoms. The lowest BCUT2D eigenvalue weighted by Gasteiger charge is -2.29. The summed E-state index contributed by atoms with van der Waals surface area (Å²) in [6, 6.07) is -0.908. The lowest BCUT2D eigenvalue weighted by atomic mass is 10.0. The highest BCUT2D eigenvalue weighted by Gasteiger charge is 2.23. The predicted octanol–water partition coefficient (Wildman–Crippen LogP) is 22.6. The Hall–Kier alpha value is -2.58. The maximum absolute atomic E-state index is 13.0. The lowest BCUT2D eigenvalue weighted by molar-refractivity contribution is -0.870. The van der Waals surface area contributed by atoms with Crippen LogP contribution >= 0.6 is 7.82 Å². The van der Waals surface area contributed by atoms with Gasteiger partial charge in [0.15, 0.2) is 0 Å². The second-order valence-electron chi connectivity index (χ2n) is 25.6. The van der Waals surface area contributed by atoms with Gasteiger partial charge in [-0.2, -0.15) is 0 Å². The van der Waals surface area contributed by atoms with Gasteiger partial charge in [-0.3, -0.25) is 9.36 Å². The lowest BCUT2D eigenvalue weighted by Crippen LogP contribution is -2.45. The number of quaternary nitrogens is 1. The molecule has 0 rings (SSSR count). The Kier molecular flexibility index (Phi) is 63.9. The van der Waals surface area contributed by atoms with Gasteiger partial charge in [0.1, 0.15) is 13.2 Å². The maximum Gasteiger partial charge on any atom is 0.268 e. The molecule has 0 aliphatic carbocycles.